The molecule has 0 bridgehead atoms. The van der Waals surface area contributed by atoms with Crippen LogP contribution in [0.4, 0.5) is 14.5 Å². The van der Waals surface area contributed by atoms with Gasteiger partial charge in [0.2, 0.25) is 0 Å². The van der Waals surface area contributed by atoms with Gasteiger partial charge < -0.3 is 10.5 Å². The highest BCUT2D eigenvalue weighted by molar-refractivity contribution is 14.1. The molecule has 0 aromatic heterocycles. The van der Waals surface area contributed by atoms with E-state index in [0.29, 0.717) is 11.4 Å². The van der Waals surface area contributed by atoms with Crippen molar-refractivity contribution in [2.24, 2.45) is 0 Å². The first-order valence-corrected chi connectivity index (χ1v) is 4.63. The molecule has 0 atom stereocenters. The van der Waals surface area contributed by atoms with Gasteiger partial charge in [-0.15, -0.1) is 0 Å². The van der Waals surface area contributed by atoms with E-state index in [4.69, 9.17) is 10.5 Å². The second-order valence-corrected chi connectivity index (χ2v) is 3.63. The smallest absolute Gasteiger partial charge is 0.272 e. The van der Waals surface area contributed by atoms with Crippen molar-refractivity contribution < 1.29 is 13.5 Å². The van der Waals surface area contributed by atoms with Crippen molar-refractivity contribution in [2.75, 3.05) is 12.3 Å². The lowest BCUT2D eigenvalue weighted by Gasteiger charge is -2.07. The number of alkyl halides is 2. The van der Waals surface area contributed by atoms with Gasteiger partial charge in [0.1, 0.15) is 12.4 Å². The average Bonchev–Trinajstić information content (AvgIpc) is 2.02. The number of hydrogen-bond acceptors (Lipinski definition) is 2. The summed E-state index contributed by atoms with van der Waals surface area (Å²) in [6.07, 6.45) is -2.47. The largest absolute Gasteiger partial charge is 0.485 e. The number of nitrogens with two attached hydrogens (primary N) is 1. The Morgan fingerprint density at radius 2 is 2.15 bits per heavy atom. The monoisotopic (exact) mass is 299 g/mol. The summed E-state index contributed by atoms with van der Waals surface area (Å²) < 4.78 is 29.2. The van der Waals surface area contributed by atoms with E-state index in [1.165, 1.54) is 0 Å². The molecule has 1 aromatic carbocycles. The summed E-state index contributed by atoms with van der Waals surface area (Å²) in [5.74, 6) is 0.306. The van der Waals surface area contributed by atoms with Crippen molar-refractivity contribution >= 4 is 28.3 Å². The van der Waals surface area contributed by atoms with Crippen LogP contribution in [0.5, 0.6) is 5.75 Å². The first-order valence-electron chi connectivity index (χ1n) is 3.55. The molecule has 0 aliphatic heterocycles. The van der Waals surface area contributed by atoms with Crippen molar-refractivity contribution in [1.82, 2.24) is 0 Å². The third-order valence-electron chi connectivity index (χ3n) is 1.34. The fourth-order valence-electron chi connectivity index (χ4n) is 0.804. The van der Waals surface area contributed by atoms with Gasteiger partial charge in [0, 0.05) is 3.57 Å². The predicted octanol–water partition coefficient (Wildman–Crippen LogP) is 2.52. The standard InChI is InChI=1S/C8H8F2INO/c9-8(10)4-13-7-2-1-5(11)3-6(7)12/h1-3,8H,4,12H2. The van der Waals surface area contributed by atoms with Gasteiger partial charge in [0.05, 0.1) is 5.69 Å². The molecule has 2 nitrogen and oxygen atoms in total. The normalized spacial score (nSPS) is 10.5. The maximum atomic E-state index is 11.8. The maximum absolute atomic E-state index is 11.8. The van der Waals surface area contributed by atoms with Gasteiger partial charge in [-0.25, -0.2) is 8.78 Å². The maximum Gasteiger partial charge on any atom is 0.272 e. The third-order valence-corrected chi connectivity index (χ3v) is 2.01. The van der Waals surface area contributed by atoms with Crippen LogP contribution in [-0.2, 0) is 0 Å². The van der Waals surface area contributed by atoms with Crippen LogP contribution in [0.3, 0.4) is 0 Å². The zero-order chi connectivity index (χ0) is 9.84. The highest BCUT2D eigenvalue weighted by Crippen LogP contribution is 2.23. The van der Waals surface area contributed by atoms with Crippen molar-refractivity contribution in [3.63, 3.8) is 0 Å². The zero-order valence-corrected chi connectivity index (χ0v) is 8.79. The highest BCUT2D eigenvalue weighted by atomic mass is 127. The van der Waals surface area contributed by atoms with Crippen LogP contribution in [0.2, 0.25) is 0 Å². The van der Waals surface area contributed by atoms with E-state index in [-0.39, 0.29) is 0 Å². The highest BCUT2D eigenvalue weighted by Gasteiger charge is 2.05. The average molecular weight is 299 g/mol. The summed E-state index contributed by atoms with van der Waals surface area (Å²) in [4.78, 5) is 0. The Morgan fingerprint density at radius 3 is 2.69 bits per heavy atom. The molecule has 0 amide bonds. The van der Waals surface area contributed by atoms with E-state index in [2.05, 4.69) is 22.6 Å². The van der Waals surface area contributed by atoms with Crippen molar-refractivity contribution in [2.45, 2.75) is 6.43 Å². The van der Waals surface area contributed by atoms with Gasteiger partial charge in [-0.2, -0.15) is 0 Å². The number of ether oxygens (including phenoxy) is 1. The molecule has 0 spiro atoms. The van der Waals surface area contributed by atoms with E-state index in [0.717, 1.165) is 3.57 Å². The topological polar surface area (TPSA) is 35.2 Å². The lowest BCUT2D eigenvalue weighted by molar-refractivity contribution is 0.0823. The van der Waals surface area contributed by atoms with E-state index in [9.17, 15) is 8.78 Å². The van der Waals surface area contributed by atoms with Gasteiger partial charge >= 0.3 is 0 Å². The molecule has 0 aliphatic carbocycles. The number of rotatable bonds is 3. The second-order valence-electron chi connectivity index (χ2n) is 2.38. The van der Waals surface area contributed by atoms with E-state index in [1.54, 1.807) is 18.2 Å². The molecule has 1 rings (SSSR count). The summed E-state index contributed by atoms with van der Waals surface area (Å²) >= 11 is 2.08. The lowest BCUT2D eigenvalue weighted by Crippen LogP contribution is -2.08. The van der Waals surface area contributed by atoms with Crippen LogP contribution < -0.4 is 10.5 Å². The molecular formula is C8H8F2INO. The molecule has 1 aromatic rings. The van der Waals surface area contributed by atoms with Gasteiger partial charge in [-0.05, 0) is 40.8 Å². The quantitative estimate of drug-likeness (QED) is 0.687. The Labute approximate surface area is 88.2 Å². The molecule has 2 N–H and O–H groups in total. The molecule has 0 saturated carbocycles. The van der Waals surface area contributed by atoms with Crippen LogP contribution in [0.25, 0.3) is 0 Å². The second kappa shape index (κ2) is 4.59. The number of benzene rings is 1. The van der Waals surface area contributed by atoms with Crippen molar-refractivity contribution in [3.05, 3.63) is 21.8 Å². The number of anilines is 1. The van der Waals surface area contributed by atoms with Crippen LogP contribution >= 0.6 is 22.6 Å². The molecule has 0 unspecified atom stereocenters. The minimum Gasteiger partial charge on any atom is -0.485 e. The van der Waals surface area contributed by atoms with Gasteiger partial charge in [-0.3, -0.25) is 0 Å². The molecule has 13 heavy (non-hydrogen) atoms. The van der Waals surface area contributed by atoms with E-state index >= 15 is 0 Å². The fourth-order valence-corrected chi connectivity index (χ4v) is 1.32. The Morgan fingerprint density at radius 1 is 1.46 bits per heavy atom. The summed E-state index contributed by atoms with van der Waals surface area (Å²) in [7, 11) is 0. The Balaban J connectivity index is 2.67. The molecule has 0 saturated heterocycles. The van der Waals surface area contributed by atoms with Crippen LogP contribution in [0.15, 0.2) is 18.2 Å². The van der Waals surface area contributed by atoms with E-state index < -0.39 is 13.0 Å². The third kappa shape index (κ3) is 3.33. The SMILES string of the molecule is Nc1cc(I)ccc1OCC(F)F. The number of nitrogen functional groups attached to an aromatic ring is 1. The van der Waals surface area contributed by atoms with Crippen LogP contribution in [-0.4, -0.2) is 13.0 Å². The minimum absolute atomic E-state index is 0.306. The molecular weight excluding hydrogens is 291 g/mol. The Bertz CT molecular complexity index is 293. The zero-order valence-electron chi connectivity index (χ0n) is 6.64. The Hall–Kier alpha value is -0.590. The first kappa shape index (κ1) is 10.5. The van der Waals surface area contributed by atoms with Crippen LogP contribution in [0.1, 0.15) is 0 Å². The predicted molar refractivity (Wildman–Crippen MR) is 55.1 cm³/mol. The summed E-state index contributed by atoms with van der Waals surface area (Å²) in [5, 5.41) is 0. The van der Waals surface area contributed by atoms with E-state index in [1.807, 2.05) is 0 Å². The summed E-state index contributed by atoms with van der Waals surface area (Å²) in [5.41, 5.74) is 5.91. The molecule has 0 fully saturated rings. The van der Waals surface area contributed by atoms with Crippen molar-refractivity contribution in [3.8, 4) is 5.75 Å². The molecule has 72 valence electrons. The number of halogens is 3. The minimum atomic E-state index is -2.47. The Kier molecular flexibility index (Phi) is 3.71. The van der Waals surface area contributed by atoms with Gasteiger partial charge in [-0.1, -0.05) is 0 Å². The number of hydrogen-bond donors (Lipinski definition) is 1. The lowest BCUT2D eigenvalue weighted by atomic mass is 10.3. The summed E-state index contributed by atoms with van der Waals surface area (Å²) in [6, 6.07) is 5.00. The summed E-state index contributed by atoms with van der Waals surface area (Å²) in [6.45, 7) is -0.620. The van der Waals surface area contributed by atoms with Crippen molar-refractivity contribution in [1.29, 1.82) is 0 Å². The molecule has 0 aliphatic rings. The first-order chi connectivity index (χ1) is 6.09. The van der Waals surface area contributed by atoms with Gasteiger partial charge in [0.15, 0.2) is 0 Å². The molecule has 0 radical (unpaired) electrons. The van der Waals surface area contributed by atoms with Gasteiger partial charge in [0.25, 0.3) is 6.43 Å². The van der Waals surface area contributed by atoms with Crippen LogP contribution in [0, 0.1) is 3.57 Å². The molecule has 5 heteroatoms. The molecule has 0 heterocycles. The fraction of sp³-hybridized carbons (Fsp3) is 0.250.